The molecule has 5 rings (SSSR count). The molecule has 6 nitrogen and oxygen atoms in total. The number of fused-ring (bicyclic) bond motifs is 2. The van der Waals surface area contributed by atoms with Gasteiger partial charge in [-0.05, 0) is 55.5 Å². The summed E-state index contributed by atoms with van der Waals surface area (Å²) in [4.78, 5) is 29.4. The molecule has 0 atom stereocenters. The summed E-state index contributed by atoms with van der Waals surface area (Å²) in [5, 5.41) is 0. The van der Waals surface area contributed by atoms with E-state index in [0.29, 0.717) is 18.1 Å². The number of aromatic nitrogens is 3. The van der Waals surface area contributed by atoms with E-state index in [0.717, 1.165) is 50.3 Å². The van der Waals surface area contributed by atoms with Crippen LogP contribution in [0.25, 0.3) is 11.5 Å². The number of hydrogen-bond acceptors (Lipinski definition) is 5. The summed E-state index contributed by atoms with van der Waals surface area (Å²) in [7, 11) is 0. The smallest absolute Gasteiger partial charge is 0.254 e. The van der Waals surface area contributed by atoms with Gasteiger partial charge in [-0.15, -0.1) is 0 Å². The van der Waals surface area contributed by atoms with Gasteiger partial charge < -0.3 is 9.88 Å². The predicted octanol–water partition coefficient (Wildman–Crippen LogP) is 3.16. The minimum Gasteiger partial charge on any atom is -0.372 e. The van der Waals surface area contributed by atoms with E-state index in [2.05, 4.69) is 44.9 Å². The van der Waals surface area contributed by atoms with Crippen molar-refractivity contribution in [1.82, 2.24) is 19.9 Å². The summed E-state index contributed by atoms with van der Waals surface area (Å²) in [5.41, 5.74) is 6.55. The van der Waals surface area contributed by atoms with Crippen molar-refractivity contribution in [3.8, 4) is 11.5 Å². The van der Waals surface area contributed by atoms with Crippen LogP contribution in [0.4, 0.5) is 5.69 Å². The summed E-state index contributed by atoms with van der Waals surface area (Å²) < 4.78 is 0. The van der Waals surface area contributed by atoms with Crippen molar-refractivity contribution in [3.63, 3.8) is 0 Å². The molecule has 0 radical (unpaired) electrons. The molecule has 3 aromatic rings. The zero-order chi connectivity index (χ0) is 20.5. The highest BCUT2D eigenvalue weighted by molar-refractivity contribution is 5.56. The molecule has 154 valence electrons. The summed E-state index contributed by atoms with van der Waals surface area (Å²) >= 11 is 0. The van der Waals surface area contributed by atoms with Crippen LogP contribution in [0.5, 0.6) is 0 Å². The highest BCUT2D eigenvalue weighted by atomic mass is 16.1. The van der Waals surface area contributed by atoms with Gasteiger partial charge in [-0.2, -0.15) is 0 Å². The third-order valence-corrected chi connectivity index (χ3v) is 6.21. The van der Waals surface area contributed by atoms with Gasteiger partial charge in [0.1, 0.15) is 5.69 Å². The topological polar surface area (TPSA) is 65.1 Å². The van der Waals surface area contributed by atoms with E-state index in [9.17, 15) is 4.79 Å². The number of nitrogens with one attached hydrogen (secondary N) is 1. The lowest BCUT2D eigenvalue weighted by Gasteiger charge is -2.31. The minimum absolute atomic E-state index is 0.0336. The molecule has 4 heterocycles. The van der Waals surface area contributed by atoms with Crippen molar-refractivity contribution in [1.29, 1.82) is 0 Å². The van der Waals surface area contributed by atoms with Crippen molar-refractivity contribution < 1.29 is 0 Å². The van der Waals surface area contributed by atoms with Crippen LogP contribution in [0.1, 0.15) is 35.7 Å². The number of benzene rings is 1. The fraction of sp³-hybridized carbons (Fsp3) is 0.375. The number of hydrogen-bond donors (Lipinski definition) is 1. The van der Waals surface area contributed by atoms with E-state index in [1.165, 1.54) is 23.2 Å². The number of aryl methyl sites for hydroxylation is 1. The molecule has 0 bridgehead atoms. The number of H-pyrrole nitrogens is 1. The SMILES string of the molecule is CCN1CCCc2cc(CN3CCc4c(nc(-c5ccccn5)[nH]c4=O)C3)ccc21. The van der Waals surface area contributed by atoms with Gasteiger partial charge in [0, 0.05) is 50.2 Å². The monoisotopic (exact) mass is 401 g/mol. The lowest BCUT2D eigenvalue weighted by Crippen LogP contribution is -2.35. The van der Waals surface area contributed by atoms with E-state index >= 15 is 0 Å². The summed E-state index contributed by atoms with van der Waals surface area (Å²) in [6.07, 6.45) is 4.84. The summed E-state index contributed by atoms with van der Waals surface area (Å²) in [6.45, 7) is 6.89. The zero-order valence-electron chi connectivity index (χ0n) is 17.4. The van der Waals surface area contributed by atoms with Gasteiger partial charge in [0.05, 0.1) is 5.69 Å². The Labute approximate surface area is 176 Å². The average Bonchev–Trinajstić information content (AvgIpc) is 2.79. The van der Waals surface area contributed by atoms with Crippen molar-refractivity contribution in [2.45, 2.75) is 39.3 Å². The van der Waals surface area contributed by atoms with Gasteiger partial charge >= 0.3 is 0 Å². The molecule has 0 amide bonds. The van der Waals surface area contributed by atoms with Crippen molar-refractivity contribution in [2.24, 2.45) is 0 Å². The molecular formula is C24H27N5O. The number of anilines is 1. The molecule has 0 spiro atoms. The second-order valence-electron chi connectivity index (χ2n) is 8.16. The first-order valence-electron chi connectivity index (χ1n) is 10.8. The molecule has 0 fully saturated rings. The van der Waals surface area contributed by atoms with Crippen molar-refractivity contribution in [3.05, 3.63) is 75.3 Å². The van der Waals surface area contributed by atoms with Gasteiger partial charge in [0.2, 0.25) is 0 Å². The quantitative estimate of drug-likeness (QED) is 0.728. The second kappa shape index (κ2) is 8.03. The molecule has 0 unspecified atom stereocenters. The molecule has 30 heavy (non-hydrogen) atoms. The van der Waals surface area contributed by atoms with Crippen LogP contribution in [-0.2, 0) is 25.9 Å². The number of aromatic amines is 1. The minimum atomic E-state index is -0.0336. The van der Waals surface area contributed by atoms with Gasteiger partial charge in [-0.25, -0.2) is 4.98 Å². The number of pyridine rings is 1. The van der Waals surface area contributed by atoms with Crippen LogP contribution in [0.15, 0.2) is 47.4 Å². The molecule has 0 saturated heterocycles. The Hall–Kier alpha value is -2.99. The average molecular weight is 402 g/mol. The molecule has 1 aromatic carbocycles. The van der Waals surface area contributed by atoms with Crippen LogP contribution in [0, 0.1) is 0 Å². The maximum atomic E-state index is 12.6. The van der Waals surface area contributed by atoms with E-state index in [4.69, 9.17) is 4.98 Å². The Morgan fingerprint density at radius 3 is 2.90 bits per heavy atom. The molecule has 6 heteroatoms. The van der Waals surface area contributed by atoms with E-state index in [-0.39, 0.29) is 5.56 Å². The number of rotatable bonds is 4. The van der Waals surface area contributed by atoms with Crippen LogP contribution in [-0.4, -0.2) is 39.5 Å². The van der Waals surface area contributed by atoms with E-state index in [1.54, 1.807) is 6.20 Å². The van der Waals surface area contributed by atoms with E-state index in [1.807, 2.05) is 18.2 Å². The van der Waals surface area contributed by atoms with Crippen molar-refractivity contribution >= 4 is 5.69 Å². The van der Waals surface area contributed by atoms with Crippen LogP contribution in [0.2, 0.25) is 0 Å². The maximum Gasteiger partial charge on any atom is 0.254 e. The molecular weight excluding hydrogens is 374 g/mol. The first-order valence-corrected chi connectivity index (χ1v) is 10.8. The molecule has 1 N–H and O–H groups in total. The molecule has 2 aliphatic rings. The highest BCUT2D eigenvalue weighted by Gasteiger charge is 2.22. The van der Waals surface area contributed by atoms with Gasteiger partial charge in [-0.3, -0.25) is 14.7 Å². The standard InChI is InChI=1S/C24H27N5O/c1-2-29-12-5-6-18-14-17(8-9-22(18)29)15-28-13-10-19-21(16-28)26-23(27-24(19)30)20-7-3-4-11-25-20/h3-4,7-9,11,14H,2,5-6,10,12-13,15-16H2,1H3,(H,26,27,30). The first kappa shape index (κ1) is 19.0. The third-order valence-electron chi connectivity index (χ3n) is 6.21. The largest absolute Gasteiger partial charge is 0.372 e. The Kier molecular flexibility index (Phi) is 5.09. The lowest BCUT2D eigenvalue weighted by molar-refractivity contribution is 0.240. The fourth-order valence-corrected chi connectivity index (χ4v) is 4.67. The summed E-state index contributed by atoms with van der Waals surface area (Å²) in [6, 6.07) is 12.6. The van der Waals surface area contributed by atoms with Gasteiger partial charge in [-0.1, -0.05) is 18.2 Å². The molecule has 2 aromatic heterocycles. The Morgan fingerprint density at radius 1 is 1.13 bits per heavy atom. The molecule has 0 aliphatic carbocycles. The fourth-order valence-electron chi connectivity index (χ4n) is 4.67. The molecule has 2 aliphatic heterocycles. The Bertz CT molecular complexity index is 1110. The zero-order valence-corrected chi connectivity index (χ0v) is 17.4. The predicted molar refractivity (Wildman–Crippen MR) is 119 cm³/mol. The number of nitrogens with zero attached hydrogens (tertiary/aromatic N) is 4. The Balaban J connectivity index is 1.37. The van der Waals surface area contributed by atoms with Crippen LogP contribution >= 0.6 is 0 Å². The summed E-state index contributed by atoms with van der Waals surface area (Å²) in [5.74, 6) is 0.551. The normalized spacial score (nSPS) is 16.2. The highest BCUT2D eigenvalue weighted by Crippen LogP contribution is 2.28. The molecule has 0 saturated carbocycles. The lowest BCUT2D eigenvalue weighted by atomic mass is 9.98. The van der Waals surface area contributed by atoms with Gasteiger partial charge in [0.15, 0.2) is 5.82 Å². The first-order chi connectivity index (χ1) is 14.7. The Morgan fingerprint density at radius 2 is 2.07 bits per heavy atom. The van der Waals surface area contributed by atoms with Crippen LogP contribution in [0.3, 0.4) is 0 Å². The third kappa shape index (κ3) is 3.63. The maximum absolute atomic E-state index is 12.6. The second-order valence-corrected chi connectivity index (χ2v) is 8.16. The van der Waals surface area contributed by atoms with E-state index < -0.39 is 0 Å². The van der Waals surface area contributed by atoms with Crippen molar-refractivity contribution in [2.75, 3.05) is 24.5 Å². The van der Waals surface area contributed by atoms with Crippen LogP contribution < -0.4 is 10.5 Å². The van der Waals surface area contributed by atoms with Gasteiger partial charge in [0.25, 0.3) is 5.56 Å².